The van der Waals surface area contributed by atoms with Gasteiger partial charge in [0.05, 0.1) is 24.2 Å². The lowest BCUT2D eigenvalue weighted by molar-refractivity contribution is 0.235. The van der Waals surface area contributed by atoms with Crippen molar-refractivity contribution in [3.63, 3.8) is 0 Å². The van der Waals surface area contributed by atoms with Crippen LogP contribution in [0.2, 0.25) is 0 Å². The quantitative estimate of drug-likeness (QED) is 0.499. The largest absolute Gasteiger partial charge is 0.497 e. The molecule has 0 bridgehead atoms. The van der Waals surface area contributed by atoms with E-state index in [1.165, 1.54) is 11.4 Å². The fraction of sp³-hybridized carbons (Fsp3) is 0.333. The maximum Gasteiger partial charge on any atom is 0.215 e. The predicted molar refractivity (Wildman–Crippen MR) is 118 cm³/mol. The van der Waals surface area contributed by atoms with Crippen LogP contribution in [0.5, 0.6) is 5.75 Å². The molecule has 3 aromatic heterocycles. The molecule has 1 aliphatic rings. The summed E-state index contributed by atoms with van der Waals surface area (Å²) in [6.45, 7) is 7.29. The Kier molecular flexibility index (Phi) is 4.79. The zero-order valence-corrected chi connectivity index (χ0v) is 17.7. The van der Waals surface area contributed by atoms with Gasteiger partial charge < -0.3 is 9.30 Å². The lowest BCUT2D eigenvalue weighted by atomic mass is 10.1. The monoisotopic (exact) mass is 401 g/mol. The number of hydrogen-bond donors (Lipinski definition) is 0. The van der Waals surface area contributed by atoms with Crippen molar-refractivity contribution in [2.24, 2.45) is 0 Å². The van der Waals surface area contributed by atoms with Crippen molar-refractivity contribution >= 4 is 5.78 Å². The molecule has 6 nitrogen and oxygen atoms in total. The van der Waals surface area contributed by atoms with Gasteiger partial charge in [-0.25, -0.2) is 4.98 Å². The first-order valence-electron chi connectivity index (χ1n) is 10.5. The summed E-state index contributed by atoms with van der Waals surface area (Å²) in [6.07, 6.45) is 5.08. The highest BCUT2D eigenvalue weighted by molar-refractivity contribution is 5.63. The third-order valence-corrected chi connectivity index (χ3v) is 5.87. The zero-order valence-electron chi connectivity index (χ0n) is 17.7. The number of rotatable bonds is 5. The molecule has 0 spiro atoms. The first kappa shape index (κ1) is 18.9. The van der Waals surface area contributed by atoms with Crippen LogP contribution in [0.4, 0.5) is 0 Å². The second-order valence-corrected chi connectivity index (χ2v) is 8.16. The Hall–Kier alpha value is -3.12. The van der Waals surface area contributed by atoms with E-state index >= 15 is 0 Å². The number of aromatic nitrogens is 4. The molecular weight excluding hydrogens is 374 g/mol. The number of fused-ring (bicyclic) bond motifs is 3. The molecule has 0 aliphatic carbocycles. The summed E-state index contributed by atoms with van der Waals surface area (Å²) in [4.78, 5) is 12.0. The molecule has 6 heteroatoms. The van der Waals surface area contributed by atoms with Crippen LogP contribution in [-0.4, -0.2) is 37.5 Å². The maximum absolute atomic E-state index is 5.29. The van der Waals surface area contributed by atoms with Crippen molar-refractivity contribution < 1.29 is 4.74 Å². The Morgan fingerprint density at radius 3 is 2.60 bits per heavy atom. The van der Waals surface area contributed by atoms with E-state index in [4.69, 9.17) is 9.72 Å². The number of hydrogen-bond acceptors (Lipinski definition) is 4. The number of benzene rings is 1. The van der Waals surface area contributed by atoms with Crippen LogP contribution in [-0.2, 0) is 19.5 Å². The number of ether oxygens (including phenoxy) is 1. The molecule has 1 aliphatic heterocycles. The highest BCUT2D eigenvalue weighted by atomic mass is 16.5. The molecule has 0 radical (unpaired) electrons. The topological polar surface area (TPSA) is 47.6 Å². The van der Waals surface area contributed by atoms with Crippen molar-refractivity contribution in [2.45, 2.75) is 39.4 Å². The standard InChI is InChI=1S/C24H27N5O/c1-17(2)29-22-11-13-27(14-19-6-4-5-12-25-19)16-23(22)28-15-21(26-24(28)29)18-7-9-20(30-3)10-8-18/h4-10,12,15,17H,11,13-14,16H2,1-3H3. The van der Waals surface area contributed by atoms with Gasteiger partial charge in [-0.2, -0.15) is 0 Å². The molecule has 5 rings (SSSR count). The number of nitrogens with zero attached hydrogens (tertiary/aromatic N) is 5. The van der Waals surface area contributed by atoms with E-state index < -0.39 is 0 Å². The molecule has 4 aromatic rings. The van der Waals surface area contributed by atoms with Gasteiger partial charge in [-0.3, -0.25) is 14.3 Å². The molecule has 154 valence electrons. The smallest absolute Gasteiger partial charge is 0.215 e. The average Bonchev–Trinajstić information content (AvgIpc) is 3.32. The highest BCUT2D eigenvalue weighted by Crippen LogP contribution is 2.30. The van der Waals surface area contributed by atoms with Crippen molar-refractivity contribution in [2.75, 3.05) is 13.7 Å². The number of methoxy groups -OCH3 is 1. The van der Waals surface area contributed by atoms with E-state index in [9.17, 15) is 0 Å². The summed E-state index contributed by atoms with van der Waals surface area (Å²) >= 11 is 0. The van der Waals surface area contributed by atoms with E-state index in [1.54, 1.807) is 7.11 Å². The zero-order chi connectivity index (χ0) is 20.7. The van der Waals surface area contributed by atoms with Gasteiger partial charge >= 0.3 is 0 Å². The van der Waals surface area contributed by atoms with E-state index in [2.05, 4.69) is 63.2 Å². The SMILES string of the molecule is COc1ccc(-c2cn3c4c(n(C(C)C)c3n2)CCN(Cc2ccccn2)C4)cc1. The summed E-state index contributed by atoms with van der Waals surface area (Å²) in [6, 6.07) is 14.6. The normalized spacial score (nSPS) is 14.4. The van der Waals surface area contributed by atoms with Crippen LogP contribution in [0, 0.1) is 0 Å². The Morgan fingerprint density at radius 1 is 1.07 bits per heavy atom. The van der Waals surface area contributed by atoms with Crippen molar-refractivity contribution in [1.82, 2.24) is 23.8 Å². The molecule has 0 N–H and O–H groups in total. The molecule has 0 atom stereocenters. The van der Waals surface area contributed by atoms with Crippen LogP contribution in [0.3, 0.4) is 0 Å². The Morgan fingerprint density at radius 2 is 1.90 bits per heavy atom. The minimum Gasteiger partial charge on any atom is -0.497 e. The average molecular weight is 402 g/mol. The minimum absolute atomic E-state index is 0.365. The number of pyridine rings is 1. The van der Waals surface area contributed by atoms with Gasteiger partial charge in [0, 0.05) is 55.7 Å². The summed E-state index contributed by atoms with van der Waals surface area (Å²) in [7, 11) is 1.69. The predicted octanol–water partition coefficient (Wildman–Crippen LogP) is 4.35. The molecule has 30 heavy (non-hydrogen) atoms. The lowest BCUT2D eigenvalue weighted by Crippen LogP contribution is -2.31. The molecule has 0 saturated heterocycles. The second-order valence-electron chi connectivity index (χ2n) is 8.16. The fourth-order valence-electron chi connectivity index (χ4n) is 4.42. The van der Waals surface area contributed by atoms with Gasteiger partial charge in [-0.05, 0) is 50.2 Å². The maximum atomic E-state index is 5.29. The van der Waals surface area contributed by atoms with Crippen LogP contribution in [0.1, 0.15) is 37.0 Å². The highest BCUT2D eigenvalue weighted by Gasteiger charge is 2.27. The third-order valence-electron chi connectivity index (χ3n) is 5.87. The van der Waals surface area contributed by atoms with Crippen LogP contribution in [0.25, 0.3) is 17.0 Å². The third kappa shape index (κ3) is 3.27. The van der Waals surface area contributed by atoms with Gasteiger partial charge in [0.25, 0.3) is 0 Å². The first-order valence-corrected chi connectivity index (χ1v) is 10.5. The Bertz CT molecular complexity index is 1160. The van der Waals surface area contributed by atoms with Gasteiger partial charge in [-0.15, -0.1) is 0 Å². The van der Waals surface area contributed by atoms with Crippen LogP contribution < -0.4 is 4.74 Å². The fourth-order valence-corrected chi connectivity index (χ4v) is 4.42. The molecular formula is C24H27N5O. The minimum atomic E-state index is 0.365. The van der Waals surface area contributed by atoms with Crippen LogP contribution in [0.15, 0.2) is 54.9 Å². The van der Waals surface area contributed by atoms with Crippen molar-refractivity contribution in [3.8, 4) is 17.0 Å². The summed E-state index contributed by atoms with van der Waals surface area (Å²) in [5.74, 6) is 1.89. The lowest BCUT2D eigenvalue weighted by Gasteiger charge is -2.28. The molecule has 0 fully saturated rings. The summed E-state index contributed by atoms with van der Waals surface area (Å²) < 4.78 is 9.99. The molecule has 0 saturated carbocycles. The van der Waals surface area contributed by atoms with Gasteiger partial charge in [0.2, 0.25) is 5.78 Å². The Labute approximate surface area is 176 Å². The van der Waals surface area contributed by atoms with E-state index in [0.29, 0.717) is 6.04 Å². The summed E-state index contributed by atoms with van der Waals surface area (Å²) in [5.41, 5.74) is 5.96. The van der Waals surface area contributed by atoms with Crippen LogP contribution >= 0.6 is 0 Å². The molecule has 4 heterocycles. The molecule has 0 unspecified atom stereocenters. The number of imidazole rings is 2. The Balaban J connectivity index is 1.53. The molecule has 0 amide bonds. The van der Waals surface area contributed by atoms with E-state index in [0.717, 1.165) is 54.5 Å². The van der Waals surface area contributed by atoms with Gasteiger partial charge in [-0.1, -0.05) is 6.07 Å². The second kappa shape index (κ2) is 7.61. The van der Waals surface area contributed by atoms with Gasteiger partial charge in [0.1, 0.15) is 5.75 Å². The summed E-state index contributed by atoms with van der Waals surface area (Å²) in [5, 5.41) is 0. The van der Waals surface area contributed by atoms with Crippen molar-refractivity contribution in [3.05, 3.63) is 71.9 Å². The van der Waals surface area contributed by atoms with E-state index in [-0.39, 0.29) is 0 Å². The first-order chi connectivity index (χ1) is 14.6. The van der Waals surface area contributed by atoms with E-state index in [1.807, 2.05) is 24.4 Å². The van der Waals surface area contributed by atoms with Crippen molar-refractivity contribution in [1.29, 1.82) is 0 Å². The van der Waals surface area contributed by atoms with Gasteiger partial charge in [0.15, 0.2) is 0 Å². The molecule has 1 aromatic carbocycles.